The van der Waals surface area contributed by atoms with E-state index in [0.29, 0.717) is 19.4 Å². The Hall–Kier alpha value is -5.83. The van der Waals surface area contributed by atoms with Crippen LogP contribution in [0.3, 0.4) is 0 Å². The number of hydrogen-bond acceptors (Lipinski definition) is 16. The fourth-order valence-electron chi connectivity index (χ4n) is 7.82. The summed E-state index contributed by atoms with van der Waals surface area (Å²) in [5.74, 6) is -8.26. The molecule has 0 bridgehead atoms. The maximum absolute atomic E-state index is 12.6. The van der Waals surface area contributed by atoms with Gasteiger partial charge in [-0.15, -0.1) is 0 Å². The van der Waals surface area contributed by atoms with E-state index in [4.69, 9.17) is 24.1 Å². The van der Waals surface area contributed by atoms with Crippen LogP contribution in [0.4, 0.5) is 0 Å². The largest absolute Gasteiger partial charge is 0.481 e. The van der Waals surface area contributed by atoms with E-state index < -0.39 is 84.9 Å². The van der Waals surface area contributed by atoms with Gasteiger partial charge in [-0.1, -0.05) is 77.0 Å². The zero-order valence-corrected chi connectivity index (χ0v) is 46.7. The van der Waals surface area contributed by atoms with Gasteiger partial charge < -0.3 is 76.6 Å². The molecule has 0 aromatic carbocycles. The van der Waals surface area contributed by atoms with Gasteiger partial charge in [0, 0.05) is 51.7 Å². The fraction of sp³-hybridized carbons (Fsp3) is 0.792. The minimum absolute atomic E-state index is 0.0728. The van der Waals surface area contributed by atoms with E-state index in [1.807, 2.05) is 0 Å². The lowest BCUT2D eigenvalue weighted by Crippen LogP contribution is -2.45. The second-order valence-corrected chi connectivity index (χ2v) is 19.2. The molecule has 26 nitrogen and oxygen atoms in total. The number of carboxylic acid groups (broad SMARTS) is 4. The zero-order chi connectivity index (χ0) is 58.9. The summed E-state index contributed by atoms with van der Waals surface area (Å²) in [6, 6.07) is -4.62. The van der Waals surface area contributed by atoms with Crippen molar-refractivity contribution in [2.45, 2.75) is 192 Å². The van der Waals surface area contributed by atoms with Crippen molar-refractivity contribution in [2.75, 3.05) is 79.5 Å². The van der Waals surface area contributed by atoms with Crippen molar-refractivity contribution in [1.29, 1.82) is 0 Å². The number of hydrogen-bond donors (Lipinski definition) is 11. The molecule has 4 atom stereocenters. The van der Waals surface area contributed by atoms with Gasteiger partial charge >= 0.3 is 23.9 Å². The number of Topliss-reactive ketones (excluding diaryl/α,β-unsaturated/α-hetero) is 1. The Balaban J connectivity index is 4.15. The van der Waals surface area contributed by atoms with E-state index in [2.05, 4.69) is 37.2 Å². The predicted octanol–water partition coefficient (Wildman–Crippen LogP) is 2.12. The summed E-state index contributed by atoms with van der Waals surface area (Å²) >= 11 is 0. The number of nitrogens with one attached hydrogen (secondary N) is 7. The van der Waals surface area contributed by atoms with Gasteiger partial charge in [-0.3, -0.25) is 38.4 Å². The third-order valence-corrected chi connectivity index (χ3v) is 12.4. The molecule has 0 aromatic rings. The highest BCUT2D eigenvalue weighted by Crippen LogP contribution is 2.14. The van der Waals surface area contributed by atoms with Crippen LogP contribution in [-0.4, -0.2) is 189 Å². The van der Waals surface area contributed by atoms with E-state index in [1.54, 1.807) is 7.05 Å². The van der Waals surface area contributed by atoms with Crippen molar-refractivity contribution in [3.63, 3.8) is 0 Å². The molecule has 0 aliphatic carbocycles. The molecule has 0 saturated carbocycles. The number of carbonyl (C=O) groups excluding carboxylic acids is 7. The van der Waals surface area contributed by atoms with E-state index in [9.17, 15) is 68.1 Å². The molecule has 0 radical (unpaired) electrons. The molecular formula is C53H93N7O19. The van der Waals surface area contributed by atoms with Crippen LogP contribution in [0.15, 0.2) is 0 Å². The molecule has 0 aliphatic rings. The number of amides is 6. The minimum atomic E-state index is -1.57. The third kappa shape index (κ3) is 45.7. The Kier molecular flexibility index (Phi) is 45.6. The van der Waals surface area contributed by atoms with Crippen molar-refractivity contribution in [3.05, 3.63) is 0 Å². The third-order valence-electron chi connectivity index (χ3n) is 12.4. The maximum atomic E-state index is 12.6. The lowest BCUT2D eigenvalue weighted by Gasteiger charge is -2.18. The van der Waals surface area contributed by atoms with E-state index in [0.717, 1.165) is 77.0 Å². The molecule has 0 rings (SSSR count). The molecule has 1 unspecified atom stereocenters. The first-order chi connectivity index (χ1) is 37.9. The lowest BCUT2D eigenvalue weighted by atomic mass is 10.0. The van der Waals surface area contributed by atoms with Crippen LogP contribution in [0, 0.1) is 0 Å². The smallest absolute Gasteiger partial charge is 0.326 e. The Morgan fingerprint density at radius 1 is 0.342 bits per heavy atom. The highest BCUT2D eigenvalue weighted by molar-refractivity contribution is 5.87. The quantitative estimate of drug-likeness (QED) is 0.0389. The fourth-order valence-corrected chi connectivity index (χ4v) is 7.82. The number of carbonyl (C=O) groups is 11. The Morgan fingerprint density at radius 2 is 0.684 bits per heavy atom. The molecular weight excluding hydrogens is 1040 g/mol. The summed E-state index contributed by atoms with van der Waals surface area (Å²) in [5, 5.41) is 55.3. The number of ketones is 1. The normalized spacial score (nSPS) is 12.5. The maximum Gasteiger partial charge on any atom is 0.326 e. The van der Waals surface area contributed by atoms with Crippen molar-refractivity contribution < 1.29 is 92.1 Å². The molecule has 0 saturated heterocycles. The Bertz CT molecular complexity index is 1790. The summed E-state index contributed by atoms with van der Waals surface area (Å²) in [6.45, 7) is 2.90. The Morgan fingerprint density at radius 3 is 1.06 bits per heavy atom. The molecule has 6 amide bonds. The molecule has 11 N–H and O–H groups in total. The number of likely N-dealkylation sites (N-methyl/N-ethyl adjacent to an activating group) is 1. The average molecular weight is 1130 g/mol. The summed E-state index contributed by atoms with van der Waals surface area (Å²) in [6.07, 6.45) is 14.5. The van der Waals surface area contributed by atoms with Crippen molar-refractivity contribution >= 4 is 65.1 Å². The van der Waals surface area contributed by atoms with Crippen LogP contribution in [0.2, 0.25) is 0 Å². The molecule has 0 aromatic heterocycles. The highest BCUT2D eigenvalue weighted by atomic mass is 16.5. The molecule has 454 valence electrons. The van der Waals surface area contributed by atoms with E-state index >= 15 is 0 Å². The first-order valence-corrected chi connectivity index (χ1v) is 27.9. The number of unbranched alkanes of at least 4 members (excludes halogenated alkanes) is 14. The van der Waals surface area contributed by atoms with Crippen LogP contribution >= 0.6 is 0 Å². The second kappa shape index (κ2) is 49.2. The molecule has 0 spiro atoms. The number of rotatable bonds is 55. The van der Waals surface area contributed by atoms with Crippen LogP contribution in [0.5, 0.6) is 0 Å². The summed E-state index contributed by atoms with van der Waals surface area (Å²) in [5.41, 5.74) is 0. The van der Waals surface area contributed by atoms with Crippen LogP contribution in [-0.2, 0) is 71.7 Å². The molecule has 0 heterocycles. The standard InChI is InChI=1S/C53H93N7O19/c1-39(61)40(54-2)19-17-18-28-55-48(66)37-78-35-34-77-32-30-57-49(67)38-79-36-33-76-31-29-56-44(62)25-22-41(51(70)71)59-46(64)27-24-43(53(74)75)60-47(65)26-23-42(52(72)73)58-45(63)20-15-13-11-9-7-5-3-4-6-8-10-12-14-16-21-50(68)69/h40-43,54H,3-38H2,1-2H3,(H,55,66)(H,56,62)(H,57,67)(H,58,63)(H,59,64)(H,60,65)(H,68,69)(H,70,71)(H,72,73)(H,74,75)/t40-,41-,42-,43?/m0/s1. The Labute approximate surface area is 464 Å². The van der Waals surface area contributed by atoms with Gasteiger partial charge in [0.15, 0.2) is 0 Å². The zero-order valence-electron chi connectivity index (χ0n) is 46.7. The molecule has 0 fully saturated rings. The van der Waals surface area contributed by atoms with Crippen molar-refractivity contribution in [3.8, 4) is 0 Å². The topological polar surface area (TPSA) is 390 Å². The predicted molar refractivity (Wildman–Crippen MR) is 288 cm³/mol. The van der Waals surface area contributed by atoms with Gasteiger partial charge in [0.05, 0.1) is 45.7 Å². The van der Waals surface area contributed by atoms with Gasteiger partial charge in [-0.05, 0) is 65.3 Å². The van der Waals surface area contributed by atoms with Crippen LogP contribution in [0.1, 0.15) is 167 Å². The summed E-state index contributed by atoms with van der Waals surface area (Å²) in [7, 11) is 1.74. The monoisotopic (exact) mass is 1130 g/mol. The summed E-state index contributed by atoms with van der Waals surface area (Å²) < 4.78 is 21.3. The minimum Gasteiger partial charge on any atom is -0.481 e. The SMILES string of the molecule is CN[C@@H](CCCCNC(=O)COCCOCCNC(=O)COCCOCCNC(=O)CC[C@H](NC(=O)CCC(NC(=O)CC[C@H](NC(=O)CCCCCCCCCCCCCCCCC(=O)O)C(=O)O)C(=O)O)C(=O)O)C(C)=O. The van der Waals surface area contributed by atoms with Gasteiger partial charge in [-0.2, -0.15) is 0 Å². The second-order valence-electron chi connectivity index (χ2n) is 19.2. The van der Waals surface area contributed by atoms with Gasteiger partial charge in [0.1, 0.15) is 37.1 Å². The molecule has 26 heteroatoms. The molecule has 0 aliphatic heterocycles. The van der Waals surface area contributed by atoms with Crippen molar-refractivity contribution in [1.82, 2.24) is 37.2 Å². The van der Waals surface area contributed by atoms with Crippen LogP contribution in [0.25, 0.3) is 0 Å². The lowest BCUT2D eigenvalue weighted by molar-refractivity contribution is -0.144. The highest BCUT2D eigenvalue weighted by Gasteiger charge is 2.26. The number of ether oxygens (including phenoxy) is 4. The van der Waals surface area contributed by atoms with E-state index in [1.165, 1.54) is 26.2 Å². The van der Waals surface area contributed by atoms with Gasteiger partial charge in [0.25, 0.3) is 0 Å². The van der Waals surface area contributed by atoms with Gasteiger partial charge in [0.2, 0.25) is 35.4 Å². The van der Waals surface area contributed by atoms with E-state index in [-0.39, 0.29) is 122 Å². The summed E-state index contributed by atoms with van der Waals surface area (Å²) in [4.78, 5) is 131. The average Bonchev–Trinajstić information content (AvgIpc) is 3.39. The molecule has 79 heavy (non-hydrogen) atoms. The van der Waals surface area contributed by atoms with Crippen LogP contribution < -0.4 is 37.2 Å². The first kappa shape index (κ1) is 73.2. The van der Waals surface area contributed by atoms with Gasteiger partial charge in [-0.25, -0.2) is 14.4 Å². The van der Waals surface area contributed by atoms with Crippen molar-refractivity contribution in [2.24, 2.45) is 0 Å². The first-order valence-electron chi connectivity index (χ1n) is 27.9. The number of carboxylic acids is 4. The number of aliphatic carboxylic acids is 4.